The van der Waals surface area contributed by atoms with Crippen molar-refractivity contribution in [1.82, 2.24) is 0 Å². The Morgan fingerprint density at radius 2 is 1.81 bits per heavy atom. The van der Waals surface area contributed by atoms with E-state index in [-0.39, 0.29) is 6.04 Å². The molecule has 0 radical (unpaired) electrons. The average Bonchev–Trinajstić information content (AvgIpc) is 2.26. The maximum absolute atomic E-state index is 5.75. The van der Waals surface area contributed by atoms with Crippen LogP contribution >= 0.6 is 15.9 Å². The first-order valence-corrected chi connectivity index (χ1v) is 6.03. The van der Waals surface area contributed by atoms with Crippen molar-refractivity contribution in [3.63, 3.8) is 0 Å². The molecule has 1 atom stereocenters. The van der Waals surface area contributed by atoms with E-state index in [1.165, 1.54) is 5.56 Å². The molecule has 0 fully saturated rings. The largest absolute Gasteiger partial charge is 0.493 e. The average molecular weight is 288 g/mol. The highest BCUT2D eigenvalue weighted by Crippen LogP contribution is 2.33. The Kier molecular flexibility index (Phi) is 5.09. The molecule has 0 aliphatic rings. The molecule has 1 rings (SSSR count). The van der Waals surface area contributed by atoms with Gasteiger partial charge >= 0.3 is 0 Å². The van der Waals surface area contributed by atoms with Gasteiger partial charge in [-0.3, -0.25) is 0 Å². The minimum Gasteiger partial charge on any atom is -0.493 e. The zero-order valence-electron chi connectivity index (χ0n) is 9.92. The molecule has 0 spiro atoms. The van der Waals surface area contributed by atoms with Crippen LogP contribution in [-0.2, 0) is 6.42 Å². The normalized spacial score (nSPS) is 12.3. The van der Waals surface area contributed by atoms with Crippen LogP contribution in [-0.4, -0.2) is 20.3 Å². The molecule has 0 bridgehead atoms. The van der Waals surface area contributed by atoms with Crippen molar-refractivity contribution >= 4 is 15.9 Å². The Hall–Kier alpha value is -0.740. The number of benzene rings is 1. The lowest BCUT2D eigenvalue weighted by molar-refractivity contribution is 0.354. The number of nitrogens with two attached hydrogens (primary N) is 1. The van der Waals surface area contributed by atoms with Crippen molar-refractivity contribution < 1.29 is 9.47 Å². The number of rotatable bonds is 5. The van der Waals surface area contributed by atoms with Gasteiger partial charge in [0.15, 0.2) is 11.5 Å². The number of ether oxygens (including phenoxy) is 2. The fourth-order valence-electron chi connectivity index (χ4n) is 1.47. The lowest BCUT2D eigenvalue weighted by Crippen LogP contribution is -2.15. The number of hydrogen-bond donors (Lipinski definition) is 1. The first-order valence-electron chi connectivity index (χ1n) is 5.24. The maximum atomic E-state index is 5.75. The third-order valence-electron chi connectivity index (χ3n) is 2.42. The van der Waals surface area contributed by atoms with E-state index in [0.29, 0.717) is 0 Å². The Bertz CT molecular complexity index is 353. The van der Waals surface area contributed by atoms with Gasteiger partial charge in [-0.25, -0.2) is 0 Å². The van der Waals surface area contributed by atoms with Crippen LogP contribution in [0.25, 0.3) is 0 Å². The van der Waals surface area contributed by atoms with Gasteiger partial charge in [-0.15, -0.1) is 0 Å². The van der Waals surface area contributed by atoms with Gasteiger partial charge in [0, 0.05) is 10.5 Å². The van der Waals surface area contributed by atoms with Crippen LogP contribution in [0.4, 0.5) is 0 Å². The van der Waals surface area contributed by atoms with Gasteiger partial charge in [-0.05, 0) is 37.5 Å². The van der Waals surface area contributed by atoms with Crippen molar-refractivity contribution in [3.8, 4) is 11.5 Å². The number of methoxy groups -OCH3 is 2. The summed E-state index contributed by atoms with van der Waals surface area (Å²) in [5, 5.41) is 0. The summed E-state index contributed by atoms with van der Waals surface area (Å²) in [5.74, 6) is 1.49. The van der Waals surface area contributed by atoms with Gasteiger partial charge in [0.05, 0.1) is 14.2 Å². The first-order chi connectivity index (χ1) is 7.58. The molecule has 1 aromatic carbocycles. The quantitative estimate of drug-likeness (QED) is 0.906. The first kappa shape index (κ1) is 13.3. The Labute approximate surface area is 105 Å². The van der Waals surface area contributed by atoms with E-state index in [1.54, 1.807) is 14.2 Å². The molecule has 3 nitrogen and oxygen atoms in total. The van der Waals surface area contributed by atoms with Crippen LogP contribution in [0, 0.1) is 0 Å². The minimum atomic E-state index is 0.208. The summed E-state index contributed by atoms with van der Waals surface area (Å²) in [6.45, 7) is 2.01. The Morgan fingerprint density at radius 1 is 1.25 bits per heavy atom. The molecular formula is C12H18BrNO2. The molecule has 0 unspecified atom stereocenters. The van der Waals surface area contributed by atoms with Gasteiger partial charge in [-0.1, -0.05) is 15.9 Å². The Morgan fingerprint density at radius 3 is 2.31 bits per heavy atom. The van der Waals surface area contributed by atoms with Crippen LogP contribution in [0.5, 0.6) is 11.5 Å². The molecule has 90 valence electrons. The van der Waals surface area contributed by atoms with E-state index in [2.05, 4.69) is 15.9 Å². The van der Waals surface area contributed by atoms with Crippen molar-refractivity contribution in [2.75, 3.05) is 14.2 Å². The molecule has 0 amide bonds. The highest BCUT2D eigenvalue weighted by Gasteiger charge is 2.09. The summed E-state index contributed by atoms with van der Waals surface area (Å²) in [6.07, 6.45) is 1.88. The molecule has 0 aliphatic carbocycles. The Balaban J connectivity index is 2.92. The van der Waals surface area contributed by atoms with Crippen molar-refractivity contribution in [3.05, 3.63) is 22.2 Å². The summed E-state index contributed by atoms with van der Waals surface area (Å²) in [6, 6.07) is 4.13. The highest BCUT2D eigenvalue weighted by atomic mass is 79.9. The van der Waals surface area contributed by atoms with E-state index >= 15 is 0 Å². The van der Waals surface area contributed by atoms with E-state index in [4.69, 9.17) is 15.2 Å². The predicted molar refractivity (Wildman–Crippen MR) is 69.2 cm³/mol. The summed E-state index contributed by atoms with van der Waals surface area (Å²) >= 11 is 3.53. The monoisotopic (exact) mass is 287 g/mol. The molecule has 16 heavy (non-hydrogen) atoms. The number of hydrogen-bond acceptors (Lipinski definition) is 3. The van der Waals surface area contributed by atoms with Gasteiger partial charge in [0.25, 0.3) is 0 Å². The van der Waals surface area contributed by atoms with Crippen LogP contribution < -0.4 is 15.2 Å². The van der Waals surface area contributed by atoms with Crippen LogP contribution in [0.3, 0.4) is 0 Å². The van der Waals surface area contributed by atoms with E-state index in [1.807, 2.05) is 19.1 Å². The third-order valence-corrected chi connectivity index (χ3v) is 3.16. The van der Waals surface area contributed by atoms with Crippen LogP contribution in [0.2, 0.25) is 0 Å². The van der Waals surface area contributed by atoms with Gasteiger partial charge in [0.1, 0.15) is 0 Å². The van der Waals surface area contributed by atoms with Crippen LogP contribution in [0.1, 0.15) is 18.9 Å². The standard InChI is InChI=1S/C12H18BrNO2/c1-8(14)4-5-9-6-11(15-2)12(16-3)7-10(9)13/h6-8H,4-5,14H2,1-3H3/t8-/m1/s1. The summed E-state index contributed by atoms with van der Waals surface area (Å²) in [4.78, 5) is 0. The summed E-state index contributed by atoms with van der Waals surface area (Å²) in [7, 11) is 3.27. The lowest BCUT2D eigenvalue weighted by atomic mass is 10.1. The molecular weight excluding hydrogens is 270 g/mol. The second kappa shape index (κ2) is 6.11. The minimum absolute atomic E-state index is 0.208. The van der Waals surface area contributed by atoms with Crippen molar-refractivity contribution in [2.24, 2.45) is 5.73 Å². The molecule has 4 heteroatoms. The second-order valence-electron chi connectivity index (χ2n) is 3.81. The zero-order valence-corrected chi connectivity index (χ0v) is 11.5. The van der Waals surface area contributed by atoms with Gasteiger partial charge in [0.2, 0.25) is 0 Å². The maximum Gasteiger partial charge on any atom is 0.161 e. The molecule has 0 saturated heterocycles. The van der Waals surface area contributed by atoms with Gasteiger partial charge in [-0.2, -0.15) is 0 Å². The van der Waals surface area contributed by atoms with Crippen molar-refractivity contribution in [1.29, 1.82) is 0 Å². The van der Waals surface area contributed by atoms with Crippen LogP contribution in [0.15, 0.2) is 16.6 Å². The fraction of sp³-hybridized carbons (Fsp3) is 0.500. The summed E-state index contributed by atoms with van der Waals surface area (Å²) in [5.41, 5.74) is 6.94. The smallest absolute Gasteiger partial charge is 0.161 e. The predicted octanol–water partition coefficient (Wildman–Crippen LogP) is 2.75. The molecule has 2 N–H and O–H groups in total. The molecule has 0 saturated carbocycles. The third kappa shape index (κ3) is 3.39. The molecule has 1 aromatic rings. The molecule has 0 aromatic heterocycles. The number of aryl methyl sites for hydroxylation is 1. The molecule has 0 heterocycles. The second-order valence-corrected chi connectivity index (χ2v) is 4.67. The van der Waals surface area contributed by atoms with E-state index in [9.17, 15) is 0 Å². The van der Waals surface area contributed by atoms with E-state index in [0.717, 1.165) is 28.8 Å². The SMILES string of the molecule is COc1cc(Br)c(CC[C@@H](C)N)cc1OC. The summed E-state index contributed by atoms with van der Waals surface area (Å²) < 4.78 is 11.5. The van der Waals surface area contributed by atoms with Crippen molar-refractivity contribution in [2.45, 2.75) is 25.8 Å². The lowest BCUT2D eigenvalue weighted by Gasteiger charge is -2.12. The van der Waals surface area contributed by atoms with Gasteiger partial charge < -0.3 is 15.2 Å². The molecule has 0 aliphatic heterocycles. The topological polar surface area (TPSA) is 44.5 Å². The highest BCUT2D eigenvalue weighted by molar-refractivity contribution is 9.10. The zero-order chi connectivity index (χ0) is 12.1. The fourth-order valence-corrected chi connectivity index (χ4v) is 1.99. The number of halogens is 1. The van der Waals surface area contributed by atoms with E-state index < -0.39 is 0 Å².